The molecule has 0 atom stereocenters. The summed E-state index contributed by atoms with van der Waals surface area (Å²) in [7, 11) is 0. The van der Waals surface area contributed by atoms with Gasteiger partial charge in [-0.3, -0.25) is 0 Å². The number of aryl methyl sites for hydroxylation is 15. The second-order valence-electron chi connectivity index (χ2n) is 25.6. The molecule has 0 heterocycles. The molecule has 1 N–H and O–H groups in total. The van der Waals surface area contributed by atoms with Crippen LogP contribution < -0.4 is 0 Å². The standard InChI is InChI=1S/C9H12O.14C7H8/c1-8-2-4-9(5-3-8)6-7-10;14*1-7-5-3-2-4-6-7/h2-5,10H,6-7H2,1H3;14*2-6H,1H3. The van der Waals surface area contributed by atoms with Crippen LogP contribution >= 0.6 is 0 Å². The first kappa shape index (κ1) is 94.3. The number of hydrogen-bond acceptors (Lipinski definition) is 1. The summed E-state index contributed by atoms with van der Waals surface area (Å²) in [4.78, 5) is 0. The van der Waals surface area contributed by atoms with Gasteiger partial charge in [-0.15, -0.1) is 0 Å². The van der Waals surface area contributed by atoms with E-state index in [1.165, 1.54) is 89.0 Å². The highest BCUT2D eigenvalue weighted by atomic mass is 16.3. The molecule has 0 fully saturated rings. The normalized spacial score (nSPS) is 8.81. The van der Waals surface area contributed by atoms with E-state index in [2.05, 4.69) is 286 Å². The summed E-state index contributed by atoms with van der Waals surface area (Å²) in [5.74, 6) is 0. The predicted molar refractivity (Wildman–Crippen MR) is 478 cm³/mol. The highest BCUT2D eigenvalue weighted by Crippen LogP contribution is 2.04. The van der Waals surface area contributed by atoms with Crippen molar-refractivity contribution in [1.82, 2.24) is 0 Å². The van der Waals surface area contributed by atoms with Gasteiger partial charge >= 0.3 is 0 Å². The fourth-order valence-electron chi connectivity index (χ4n) is 8.37. The molecule has 0 radical (unpaired) electrons. The zero-order valence-electron chi connectivity index (χ0n) is 67.6. The molecule has 0 spiro atoms. The third-order valence-electron chi connectivity index (χ3n) is 14.7. The molecule has 15 rings (SSSR count). The van der Waals surface area contributed by atoms with Crippen LogP contribution in [0, 0.1) is 104 Å². The summed E-state index contributed by atoms with van der Waals surface area (Å²) in [6.07, 6.45) is 0.764. The van der Waals surface area contributed by atoms with Crippen molar-refractivity contribution in [3.8, 4) is 0 Å². The van der Waals surface area contributed by atoms with E-state index < -0.39 is 0 Å². The van der Waals surface area contributed by atoms with Crippen LogP contribution in [0.25, 0.3) is 0 Å². The van der Waals surface area contributed by atoms with Crippen molar-refractivity contribution in [3.63, 3.8) is 0 Å². The van der Waals surface area contributed by atoms with E-state index in [0.717, 1.165) is 6.42 Å². The molecule has 558 valence electrons. The van der Waals surface area contributed by atoms with Gasteiger partial charge in [0.2, 0.25) is 0 Å². The maximum Gasteiger partial charge on any atom is 0.0471 e. The summed E-state index contributed by atoms with van der Waals surface area (Å²) in [5, 5.41) is 8.59. The van der Waals surface area contributed by atoms with E-state index in [0.29, 0.717) is 0 Å². The van der Waals surface area contributed by atoms with E-state index in [4.69, 9.17) is 5.11 Å². The van der Waals surface area contributed by atoms with Crippen molar-refractivity contribution in [1.29, 1.82) is 0 Å². The molecule has 0 saturated heterocycles. The fourth-order valence-corrected chi connectivity index (χ4v) is 8.37. The van der Waals surface area contributed by atoms with Crippen LogP contribution in [0.3, 0.4) is 0 Å². The Morgan fingerprint density at radius 3 is 0.269 bits per heavy atom. The van der Waals surface area contributed by atoms with Gasteiger partial charge in [-0.2, -0.15) is 0 Å². The molecule has 0 bridgehead atoms. The lowest BCUT2D eigenvalue weighted by Crippen LogP contribution is -1.89. The first-order valence-electron chi connectivity index (χ1n) is 37.2. The molecule has 0 saturated carbocycles. The molecule has 0 unspecified atom stereocenters. The van der Waals surface area contributed by atoms with Gasteiger partial charge in [0.15, 0.2) is 0 Å². The number of hydrogen-bond donors (Lipinski definition) is 1. The van der Waals surface area contributed by atoms with Crippen molar-refractivity contribution in [2.45, 2.75) is 110 Å². The highest BCUT2D eigenvalue weighted by Gasteiger charge is 1.89. The monoisotopic (exact) mass is 1420 g/mol. The predicted octanol–water partition coefficient (Wildman–Crippen LogP) is 29.5. The number of benzene rings is 15. The zero-order valence-corrected chi connectivity index (χ0v) is 67.6. The zero-order chi connectivity index (χ0) is 79.0. The molecule has 1 heteroatoms. The first-order chi connectivity index (χ1) is 52.3. The van der Waals surface area contributed by atoms with Gasteiger partial charge in [0.1, 0.15) is 0 Å². The van der Waals surface area contributed by atoms with E-state index in [1.807, 2.05) is 267 Å². The van der Waals surface area contributed by atoms with Crippen LogP contribution in [0.2, 0.25) is 0 Å². The topological polar surface area (TPSA) is 20.2 Å². The molecule has 15 aromatic rings. The Bertz CT molecular complexity index is 3250. The van der Waals surface area contributed by atoms with Gasteiger partial charge in [-0.05, 0) is 116 Å². The highest BCUT2D eigenvalue weighted by molar-refractivity contribution is 5.23. The molecule has 1 nitrogen and oxygen atoms in total. The minimum Gasteiger partial charge on any atom is -0.396 e. The summed E-state index contributed by atoms with van der Waals surface area (Å²) in [6.45, 7) is 31.5. The molecule has 0 aromatic heterocycles. The maximum atomic E-state index is 8.59. The lowest BCUT2D eigenvalue weighted by atomic mass is 10.1. The van der Waals surface area contributed by atoms with E-state index in [1.54, 1.807) is 0 Å². The number of rotatable bonds is 2. The molecule has 0 aliphatic carbocycles. The third kappa shape index (κ3) is 63.9. The van der Waals surface area contributed by atoms with Gasteiger partial charge in [-0.25, -0.2) is 0 Å². The summed E-state index contributed by atoms with van der Waals surface area (Å²) >= 11 is 0. The van der Waals surface area contributed by atoms with Crippen molar-refractivity contribution in [2.75, 3.05) is 6.61 Å². The first-order valence-corrected chi connectivity index (χ1v) is 37.2. The summed E-state index contributed by atoms with van der Waals surface area (Å²) in [6, 6.07) is 152. The van der Waals surface area contributed by atoms with Gasteiger partial charge in [0, 0.05) is 6.61 Å². The molecule has 15 aromatic carbocycles. The molecule has 108 heavy (non-hydrogen) atoms. The van der Waals surface area contributed by atoms with Crippen molar-refractivity contribution < 1.29 is 5.11 Å². The summed E-state index contributed by atoms with van der Waals surface area (Å²) in [5.41, 5.74) is 21.0. The van der Waals surface area contributed by atoms with E-state index in [-0.39, 0.29) is 6.61 Å². The van der Waals surface area contributed by atoms with Gasteiger partial charge < -0.3 is 5.11 Å². The Morgan fingerprint density at radius 2 is 0.204 bits per heavy atom. The van der Waals surface area contributed by atoms with Gasteiger partial charge in [-0.1, -0.05) is 532 Å². The third-order valence-corrected chi connectivity index (χ3v) is 14.7. The van der Waals surface area contributed by atoms with Crippen LogP contribution in [-0.2, 0) is 6.42 Å². The number of aliphatic hydroxyl groups excluding tert-OH is 1. The van der Waals surface area contributed by atoms with E-state index in [9.17, 15) is 0 Å². The molecular weight excluding hydrogens is 1300 g/mol. The quantitative estimate of drug-likeness (QED) is 0.183. The lowest BCUT2D eigenvalue weighted by Gasteiger charge is -1.96. The SMILES string of the molecule is Cc1ccc(CCO)cc1.Cc1ccccc1.Cc1ccccc1.Cc1ccccc1.Cc1ccccc1.Cc1ccccc1.Cc1ccccc1.Cc1ccccc1.Cc1ccccc1.Cc1ccccc1.Cc1ccccc1.Cc1ccccc1.Cc1ccccc1.Cc1ccccc1.Cc1ccccc1. The van der Waals surface area contributed by atoms with Gasteiger partial charge in [0.05, 0.1) is 0 Å². The molecular formula is C107H124O. The molecule has 0 aliphatic rings. The second kappa shape index (κ2) is 67.2. The number of aliphatic hydroxyl groups is 1. The Morgan fingerprint density at radius 1 is 0.120 bits per heavy atom. The molecule has 0 aliphatic heterocycles. The second-order valence-corrected chi connectivity index (χ2v) is 25.6. The minimum atomic E-state index is 0.239. The van der Waals surface area contributed by atoms with Crippen LogP contribution in [-0.4, -0.2) is 11.7 Å². The fraction of sp³-hybridized carbons (Fsp3) is 0.159. The smallest absolute Gasteiger partial charge is 0.0471 e. The Balaban J connectivity index is 0.000000579. The minimum absolute atomic E-state index is 0.239. The van der Waals surface area contributed by atoms with Crippen LogP contribution in [0.1, 0.15) is 89.0 Å². The Hall–Kier alpha value is -11.7. The summed E-state index contributed by atoms with van der Waals surface area (Å²) < 4.78 is 0. The van der Waals surface area contributed by atoms with Gasteiger partial charge in [0.25, 0.3) is 0 Å². The Labute approximate surface area is 655 Å². The maximum absolute atomic E-state index is 8.59. The van der Waals surface area contributed by atoms with Crippen LogP contribution in [0.15, 0.2) is 449 Å². The van der Waals surface area contributed by atoms with Crippen LogP contribution in [0.4, 0.5) is 0 Å². The van der Waals surface area contributed by atoms with E-state index >= 15 is 0 Å². The molecule has 0 amide bonds. The Kier molecular flexibility index (Phi) is 58.6. The van der Waals surface area contributed by atoms with Crippen molar-refractivity contribution in [3.05, 3.63) is 538 Å². The van der Waals surface area contributed by atoms with Crippen molar-refractivity contribution in [2.24, 2.45) is 0 Å². The van der Waals surface area contributed by atoms with Crippen molar-refractivity contribution >= 4 is 0 Å². The average molecular weight is 1430 g/mol. The largest absolute Gasteiger partial charge is 0.396 e. The lowest BCUT2D eigenvalue weighted by molar-refractivity contribution is 0.299. The average Bonchev–Trinajstić information content (AvgIpc) is 0.970. The van der Waals surface area contributed by atoms with Crippen LogP contribution in [0.5, 0.6) is 0 Å².